The third-order valence-corrected chi connectivity index (χ3v) is 9.77. The lowest BCUT2D eigenvalue weighted by Gasteiger charge is -2.34. The van der Waals surface area contributed by atoms with Crippen LogP contribution in [0.2, 0.25) is 0 Å². The number of sulfonamides is 1. The monoisotopic (exact) mass is 595 g/mol. The highest BCUT2D eigenvalue weighted by atomic mass is 32.2. The van der Waals surface area contributed by atoms with Gasteiger partial charge in [-0.3, -0.25) is 13.9 Å². The molecule has 7 nitrogen and oxygen atoms in total. The molecule has 0 spiro atoms. The van der Waals surface area contributed by atoms with E-state index in [0.717, 1.165) is 32.3 Å². The van der Waals surface area contributed by atoms with Crippen molar-refractivity contribution < 1.29 is 18.0 Å². The van der Waals surface area contributed by atoms with Crippen LogP contribution in [0.25, 0.3) is 0 Å². The van der Waals surface area contributed by atoms with Crippen LogP contribution < -0.4 is 9.62 Å². The highest BCUT2D eigenvalue weighted by Crippen LogP contribution is 2.27. The number of thioether (sulfide) groups is 1. The normalized spacial score (nSPS) is 12.8. The van der Waals surface area contributed by atoms with Crippen molar-refractivity contribution in [2.75, 3.05) is 17.1 Å². The summed E-state index contributed by atoms with van der Waals surface area (Å²) in [5.41, 5.74) is 3.23. The molecule has 0 aliphatic rings. The van der Waals surface area contributed by atoms with E-state index >= 15 is 0 Å². The zero-order chi connectivity index (χ0) is 30.2. The lowest BCUT2D eigenvalue weighted by Crippen LogP contribution is -2.53. The predicted octanol–water partition coefficient (Wildman–Crippen LogP) is 5.94. The zero-order valence-corrected chi connectivity index (χ0v) is 26.4. The lowest BCUT2D eigenvalue weighted by molar-refractivity contribution is -0.140. The van der Waals surface area contributed by atoms with Gasteiger partial charge >= 0.3 is 0 Å². The lowest BCUT2D eigenvalue weighted by atomic mass is 10.1. The van der Waals surface area contributed by atoms with Gasteiger partial charge < -0.3 is 10.2 Å². The first kappa shape index (κ1) is 32.2. The number of nitrogens with one attached hydrogen (secondary N) is 1. The Morgan fingerprint density at radius 1 is 0.902 bits per heavy atom. The van der Waals surface area contributed by atoms with Gasteiger partial charge in [-0.05, 0) is 87.4 Å². The fraction of sp³-hybridized carbons (Fsp3) is 0.375. The van der Waals surface area contributed by atoms with Gasteiger partial charge in [-0.1, -0.05) is 55.8 Å². The van der Waals surface area contributed by atoms with Crippen molar-refractivity contribution in [3.63, 3.8) is 0 Å². The van der Waals surface area contributed by atoms with Crippen LogP contribution in [0.3, 0.4) is 0 Å². The molecule has 0 aliphatic heterocycles. The van der Waals surface area contributed by atoms with Crippen LogP contribution in [0.5, 0.6) is 0 Å². The van der Waals surface area contributed by atoms with E-state index in [-0.39, 0.29) is 23.4 Å². The number of carbonyl (C=O) groups is 2. The largest absolute Gasteiger partial charge is 0.352 e. The van der Waals surface area contributed by atoms with Gasteiger partial charge in [0.15, 0.2) is 0 Å². The smallest absolute Gasteiger partial charge is 0.264 e. The average Bonchev–Trinajstić information content (AvgIpc) is 2.97. The molecule has 0 heterocycles. The standard InChI is InChI=1S/C32H41N3O4S2/c1-7-25(5)33-32(37)30(8-2)34(21-26-12-10-9-11-24(26)4)31(36)22-35(27-15-13-23(3)14-16-27)41(38,39)29-19-17-28(40-6)18-20-29/h9-20,25,30H,7-8,21-22H2,1-6H3,(H,33,37)/t25-,30+/m0/s1. The van der Waals surface area contributed by atoms with Crippen LogP contribution in [0, 0.1) is 13.8 Å². The minimum atomic E-state index is -4.10. The summed E-state index contributed by atoms with van der Waals surface area (Å²) in [6.07, 6.45) is 3.06. The van der Waals surface area contributed by atoms with Crippen LogP contribution in [-0.2, 0) is 26.2 Å². The Labute approximate surface area is 249 Å². The Bertz CT molecular complexity index is 1420. The van der Waals surface area contributed by atoms with Crippen molar-refractivity contribution in [2.45, 2.75) is 75.9 Å². The van der Waals surface area contributed by atoms with Gasteiger partial charge in [-0.15, -0.1) is 11.8 Å². The highest BCUT2D eigenvalue weighted by molar-refractivity contribution is 7.98. The van der Waals surface area contributed by atoms with Crippen molar-refractivity contribution in [2.24, 2.45) is 0 Å². The van der Waals surface area contributed by atoms with Crippen molar-refractivity contribution in [3.05, 3.63) is 89.5 Å². The molecule has 220 valence electrons. The fourth-order valence-corrected chi connectivity index (χ4v) is 6.27. The summed E-state index contributed by atoms with van der Waals surface area (Å²) in [7, 11) is -4.10. The van der Waals surface area contributed by atoms with E-state index in [1.807, 2.05) is 77.3 Å². The third kappa shape index (κ3) is 8.14. The number of rotatable bonds is 13. The Balaban J connectivity index is 2.06. The molecule has 9 heteroatoms. The van der Waals surface area contributed by atoms with Gasteiger partial charge in [-0.2, -0.15) is 0 Å². The molecule has 1 N–H and O–H groups in total. The Morgan fingerprint density at radius 2 is 1.54 bits per heavy atom. The fourth-order valence-electron chi connectivity index (χ4n) is 4.45. The van der Waals surface area contributed by atoms with E-state index in [1.54, 1.807) is 36.4 Å². The number of anilines is 1. The van der Waals surface area contributed by atoms with E-state index < -0.39 is 28.5 Å². The summed E-state index contributed by atoms with van der Waals surface area (Å²) < 4.78 is 29.2. The molecule has 0 saturated heterocycles. The Kier molecular flexibility index (Phi) is 11.4. The van der Waals surface area contributed by atoms with Gasteiger partial charge in [0.05, 0.1) is 10.6 Å². The average molecular weight is 596 g/mol. The number of benzene rings is 3. The molecular formula is C32H41N3O4S2. The first-order valence-corrected chi connectivity index (χ1v) is 16.6. The minimum Gasteiger partial charge on any atom is -0.352 e. The summed E-state index contributed by atoms with van der Waals surface area (Å²) in [5, 5.41) is 3.01. The maximum absolute atomic E-state index is 14.2. The molecule has 0 saturated carbocycles. The topological polar surface area (TPSA) is 86.8 Å². The van der Waals surface area contributed by atoms with Gasteiger partial charge in [0, 0.05) is 17.5 Å². The third-order valence-electron chi connectivity index (χ3n) is 7.24. The van der Waals surface area contributed by atoms with E-state index in [4.69, 9.17) is 0 Å². The molecule has 0 unspecified atom stereocenters. The van der Waals surface area contributed by atoms with Crippen molar-refractivity contribution >= 4 is 39.3 Å². The van der Waals surface area contributed by atoms with Gasteiger partial charge in [-0.25, -0.2) is 8.42 Å². The van der Waals surface area contributed by atoms with Crippen LogP contribution in [0.1, 0.15) is 50.3 Å². The summed E-state index contributed by atoms with van der Waals surface area (Å²) in [6.45, 7) is 9.38. The van der Waals surface area contributed by atoms with Crippen LogP contribution in [0.4, 0.5) is 5.69 Å². The SMILES string of the molecule is CC[C@H](C(=O)N[C@@H](C)CC)N(Cc1ccccc1C)C(=O)CN(c1ccc(C)cc1)S(=O)(=O)c1ccc(SC)cc1. The summed E-state index contributed by atoms with van der Waals surface area (Å²) in [5.74, 6) is -0.703. The van der Waals surface area contributed by atoms with Crippen molar-refractivity contribution in [1.29, 1.82) is 0 Å². The predicted molar refractivity (Wildman–Crippen MR) is 168 cm³/mol. The molecule has 3 rings (SSSR count). The van der Waals surface area contributed by atoms with Crippen molar-refractivity contribution in [3.8, 4) is 0 Å². The molecule has 0 radical (unpaired) electrons. The molecule has 3 aromatic carbocycles. The molecule has 0 fully saturated rings. The van der Waals surface area contributed by atoms with Gasteiger partial charge in [0.2, 0.25) is 11.8 Å². The quantitative estimate of drug-likeness (QED) is 0.247. The molecule has 2 atom stereocenters. The second kappa shape index (κ2) is 14.5. The molecule has 0 aliphatic carbocycles. The summed E-state index contributed by atoms with van der Waals surface area (Å²) >= 11 is 1.52. The van der Waals surface area contributed by atoms with Crippen LogP contribution in [0.15, 0.2) is 82.6 Å². The first-order chi connectivity index (χ1) is 19.5. The number of aryl methyl sites for hydroxylation is 2. The number of nitrogens with zero attached hydrogens (tertiary/aromatic N) is 2. The molecule has 3 aromatic rings. The van der Waals surface area contributed by atoms with E-state index in [2.05, 4.69) is 5.32 Å². The summed E-state index contributed by atoms with van der Waals surface area (Å²) in [6, 6.07) is 20.6. The number of amides is 2. The minimum absolute atomic E-state index is 0.0550. The molecule has 2 amide bonds. The second-order valence-electron chi connectivity index (χ2n) is 10.2. The number of hydrogen-bond acceptors (Lipinski definition) is 5. The summed E-state index contributed by atoms with van der Waals surface area (Å²) in [4.78, 5) is 30.1. The van der Waals surface area contributed by atoms with Gasteiger partial charge in [0.25, 0.3) is 10.0 Å². The van der Waals surface area contributed by atoms with E-state index in [9.17, 15) is 18.0 Å². The van der Waals surface area contributed by atoms with Crippen LogP contribution in [-0.4, -0.2) is 50.0 Å². The number of carbonyl (C=O) groups excluding carboxylic acids is 2. The second-order valence-corrected chi connectivity index (χ2v) is 13.0. The molecule has 41 heavy (non-hydrogen) atoms. The van der Waals surface area contributed by atoms with Crippen molar-refractivity contribution in [1.82, 2.24) is 10.2 Å². The van der Waals surface area contributed by atoms with E-state index in [0.29, 0.717) is 12.1 Å². The Hall–Kier alpha value is -3.30. The zero-order valence-electron chi connectivity index (χ0n) is 24.8. The molecule has 0 aromatic heterocycles. The maximum atomic E-state index is 14.2. The molecular weight excluding hydrogens is 555 g/mol. The first-order valence-electron chi connectivity index (χ1n) is 13.9. The van der Waals surface area contributed by atoms with Gasteiger partial charge in [0.1, 0.15) is 12.6 Å². The number of hydrogen-bond donors (Lipinski definition) is 1. The highest BCUT2D eigenvalue weighted by Gasteiger charge is 2.34. The Morgan fingerprint density at radius 3 is 2.10 bits per heavy atom. The van der Waals surface area contributed by atoms with E-state index in [1.165, 1.54) is 16.7 Å². The molecule has 0 bridgehead atoms. The maximum Gasteiger partial charge on any atom is 0.264 e. The van der Waals surface area contributed by atoms with Crippen LogP contribution >= 0.6 is 11.8 Å².